The standard InChI is InChI=1S/C18H24F6O6S4/c1-16(2,3)14-6-4-13(5-7-14)15-12-31(29-33(25,26)17(19,20)21)8-10-32(15,11-9-31)30-34(27,28)18(22,23)24/h4-7,15H,8-12H2,1-3H3. The Labute approximate surface area is 197 Å². The van der Waals surface area contributed by atoms with E-state index < -0.39 is 57.1 Å². The molecule has 0 radical (unpaired) electrons. The molecule has 198 valence electrons. The molecule has 0 aromatic heterocycles. The topological polar surface area (TPSA) is 86.7 Å². The van der Waals surface area contributed by atoms with Crippen LogP contribution in [0.3, 0.4) is 0 Å². The maximum atomic E-state index is 13.1. The lowest BCUT2D eigenvalue weighted by Gasteiger charge is -2.60. The highest BCUT2D eigenvalue weighted by Gasteiger charge is 2.60. The van der Waals surface area contributed by atoms with Gasteiger partial charge in [0.2, 0.25) is 0 Å². The number of fused-ring (bicyclic) bond motifs is 3. The SMILES string of the molecule is CC(C)(C)c1ccc(C2CS3(OS(=O)(=O)C(F)(F)F)CCS2(OS(=O)(=O)C(F)(F)F)CC3)cc1. The monoisotopic (exact) mass is 578 g/mol. The summed E-state index contributed by atoms with van der Waals surface area (Å²) in [5.41, 5.74) is -10.4. The number of hydrogen-bond acceptors (Lipinski definition) is 6. The Kier molecular flexibility index (Phi) is 6.92. The van der Waals surface area contributed by atoms with Crippen LogP contribution >= 0.6 is 20.6 Å². The maximum Gasteiger partial charge on any atom is 0.523 e. The average molecular weight is 579 g/mol. The van der Waals surface area contributed by atoms with Crippen LogP contribution in [0.2, 0.25) is 0 Å². The molecule has 34 heavy (non-hydrogen) atoms. The van der Waals surface area contributed by atoms with Crippen LogP contribution in [0.25, 0.3) is 0 Å². The third kappa shape index (κ3) is 5.21. The summed E-state index contributed by atoms with van der Waals surface area (Å²) in [6, 6.07) is 6.52. The van der Waals surface area contributed by atoms with Gasteiger partial charge in [-0.3, -0.25) is 0 Å². The van der Waals surface area contributed by atoms with E-state index in [4.69, 9.17) is 7.26 Å². The summed E-state index contributed by atoms with van der Waals surface area (Å²) in [5, 5.41) is -1.04. The van der Waals surface area contributed by atoms with Gasteiger partial charge in [-0.1, -0.05) is 45.0 Å². The van der Waals surface area contributed by atoms with Crippen molar-refractivity contribution >= 4 is 40.9 Å². The van der Waals surface area contributed by atoms with Crippen molar-refractivity contribution < 1.29 is 50.4 Å². The molecule has 3 fully saturated rings. The molecular formula is C18H24F6O6S4. The van der Waals surface area contributed by atoms with Crippen LogP contribution in [0.15, 0.2) is 24.3 Å². The molecule has 3 aliphatic rings. The maximum absolute atomic E-state index is 13.1. The van der Waals surface area contributed by atoms with Gasteiger partial charge in [0.25, 0.3) is 0 Å². The lowest BCUT2D eigenvalue weighted by atomic mass is 9.86. The van der Waals surface area contributed by atoms with E-state index in [1.807, 2.05) is 20.8 Å². The van der Waals surface area contributed by atoms with Crippen molar-refractivity contribution in [3.05, 3.63) is 35.4 Å². The molecule has 0 N–H and O–H groups in total. The van der Waals surface area contributed by atoms with Crippen molar-refractivity contribution in [2.75, 3.05) is 28.8 Å². The van der Waals surface area contributed by atoms with Gasteiger partial charge in [0.05, 0.1) is 0 Å². The van der Waals surface area contributed by atoms with Crippen LogP contribution in [0.5, 0.6) is 0 Å². The zero-order valence-electron chi connectivity index (χ0n) is 18.3. The summed E-state index contributed by atoms with van der Waals surface area (Å²) >= 11 is 0. The van der Waals surface area contributed by atoms with Crippen LogP contribution in [0.4, 0.5) is 26.3 Å². The van der Waals surface area contributed by atoms with Crippen molar-refractivity contribution in [3.63, 3.8) is 0 Å². The Morgan fingerprint density at radius 2 is 1.21 bits per heavy atom. The predicted octanol–water partition coefficient (Wildman–Crippen LogP) is 5.22. The third-order valence-electron chi connectivity index (χ3n) is 5.75. The van der Waals surface area contributed by atoms with Crippen LogP contribution in [-0.2, 0) is 32.9 Å². The quantitative estimate of drug-likeness (QED) is 0.352. The largest absolute Gasteiger partial charge is 0.523 e. The molecule has 1 atom stereocenters. The summed E-state index contributed by atoms with van der Waals surface area (Å²) in [7, 11) is -17.9. The Hall–Kier alpha value is -0.680. The van der Waals surface area contributed by atoms with Crippen LogP contribution < -0.4 is 0 Å². The van der Waals surface area contributed by atoms with Crippen molar-refractivity contribution in [1.82, 2.24) is 0 Å². The van der Waals surface area contributed by atoms with Gasteiger partial charge in [-0.15, -0.1) is 20.6 Å². The van der Waals surface area contributed by atoms with Gasteiger partial charge in [-0.25, -0.2) is 7.26 Å². The number of benzene rings is 1. The molecular weight excluding hydrogens is 554 g/mol. The summed E-state index contributed by atoms with van der Waals surface area (Å²) in [6.07, 6.45) is 0. The van der Waals surface area contributed by atoms with Gasteiger partial charge in [-0.2, -0.15) is 43.2 Å². The smallest absolute Gasteiger partial charge is 0.213 e. The second-order valence-electron chi connectivity index (χ2n) is 9.11. The Morgan fingerprint density at radius 1 is 0.765 bits per heavy atom. The minimum absolute atomic E-state index is 0.277. The van der Waals surface area contributed by atoms with Gasteiger partial charge in [0, 0.05) is 34.0 Å². The fourth-order valence-corrected chi connectivity index (χ4v) is 18.2. The van der Waals surface area contributed by atoms with Crippen molar-refractivity contribution in [3.8, 4) is 0 Å². The Bertz CT molecular complexity index is 1130. The van der Waals surface area contributed by atoms with Gasteiger partial charge in [-0.05, 0) is 16.5 Å². The Morgan fingerprint density at radius 3 is 1.62 bits per heavy atom. The van der Waals surface area contributed by atoms with E-state index in [0.717, 1.165) is 5.56 Å². The van der Waals surface area contributed by atoms with Crippen molar-refractivity contribution in [2.45, 2.75) is 42.5 Å². The van der Waals surface area contributed by atoms with Crippen LogP contribution in [-0.4, -0.2) is 56.6 Å². The zero-order valence-corrected chi connectivity index (χ0v) is 21.5. The predicted molar refractivity (Wildman–Crippen MR) is 120 cm³/mol. The average Bonchev–Trinajstić information content (AvgIpc) is 2.66. The molecule has 0 amide bonds. The van der Waals surface area contributed by atoms with E-state index in [2.05, 4.69) is 0 Å². The number of halogens is 6. The second-order valence-corrected chi connectivity index (χ2v) is 19.2. The molecule has 0 spiro atoms. The van der Waals surface area contributed by atoms with Crippen LogP contribution in [0, 0.1) is 0 Å². The molecule has 16 heteroatoms. The number of rotatable bonds is 5. The van der Waals surface area contributed by atoms with E-state index >= 15 is 0 Å². The minimum Gasteiger partial charge on any atom is -0.213 e. The van der Waals surface area contributed by atoms with Gasteiger partial charge < -0.3 is 0 Å². The summed E-state index contributed by atoms with van der Waals surface area (Å²) < 4.78 is 135. The normalized spacial score (nSPS) is 32.6. The lowest BCUT2D eigenvalue weighted by molar-refractivity contribution is -0.0502. The highest BCUT2D eigenvalue weighted by atomic mass is 32.3. The molecule has 0 saturated carbocycles. The summed E-state index contributed by atoms with van der Waals surface area (Å²) in [4.78, 5) is 0. The van der Waals surface area contributed by atoms with E-state index in [0.29, 0.717) is 5.56 Å². The van der Waals surface area contributed by atoms with Crippen molar-refractivity contribution in [2.24, 2.45) is 0 Å². The molecule has 1 aromatic rings. The highest BCUT2D eigenvalue weighted by Crippen LogP contribution is 2.78. The van der Waals surface area contributed by atoms with Gasteiger partial charge in [0.1, 0.15) is 0 Å². The summed E-state index contributed by atoms with van der Waals surface area (Å²) in [5.74, 6) is -1.60. The van der Waals surface area contributed by atoms with E-state index in [9.17, 15) is 43.2 Å². The fraction of sp³-hybridized carbons (Fsp3) is 0.667. The molecule has 3 heterocycles. The molecule has 4 rings (SSSR count). The van der Waals surface area contributed by atoms with Gasteiger partial charge >= 0.3 is 31.3 Å². The molecule has 1 aromatic carbocycles. The van der Waals surface area contributed by atoms with Crippen LogP contribution in [0.1, 0.15) is 37.1 Å². The van der Waals surface area contributed by atoms with E-state index in [1.54, 1.807) is 24.3 Å². The molecule has 0 aliphatic carbocycles. The minimum atomic E-state index is -5.99. The lowest BCUT2D eigenvalue weighted by Crippen LogP contribution is -2.46. The molecule has 3 aliphatic heterocycles. The first-order valence-electron chi connectivity index (χ1n) is 9.82. The first kappa shape index (κ1) is 27.9. The van der Waals surface area contributed by atoms with Crippen molar-refractivity contribution in [1.29, 1.82) is 0 Å². The second kappa shape index (κ2) is 8.43. The fourth-order valence-electron chi connectivity index (χ4n) is 3.84. The highest BCUT2D eigenvalue weighted by molar-refractivity contribution is 8.41. The zero-order chi connectivity index (χ0) is 26.0. The molecule has 6 nitrogen and oxygen atoms in total. The molecule has 1 unspecified atom stereocenters. The van der Waals surface area contributed by atoms with E-state index in [1.165, 1.54) is 0 Å². The van der Waals surface area contributed by atoms with Gasteiger partial charge in [0.15, 0.2) is 0 Å². The Balaban J connectivity index is 2.05. The summed E-state index contributed by atoms with van der Waals surface area (Å²) in [6.45, 7) is 5.77. The number of hydrogen-bond donors (Lipinski definition) is 0. The first-order chi connectivity index (χ1) is 15.1. The third-order valence-corrected chi connectivity index (χ3v) is 17.4. The first-order valence-corrected chi connectivity index (χ1v) is 16.7. The van der Waals surface area contributed by atoms with E-state index in [-0.39, 0.29) is 34.2 Å². The molecule has 2 bridgehead atoms. The molecule has 3 saturated heterocycles. The number of alkyl halides is 6.